The van der Waals surface area contributed by atoms with Gasteiger partial charge in [0.2, 0.25) is 0 Å². The van der Waals surface area contributed by atoms with E-state index in [0.717, 1.165) is 36.5 Å². The van der Waals surface area contributed by atoms with E-state index in [-0.39, 0.29) is 0 Å². The second-order valence-corrected chi connectivity index (χ2v) is 4.66. The lowest BCUT2D eigenvalue weighted by molar-refractivity contribution is 0.299. The molecular weight excluding hydrogens is 224 g/mol. The summed E-state index contributed by atoms with van der Waals surface area (Å²) in [6, 6.07) is 6.03. The van der Waals surface area contributed by atoms with Crippen LogP contribution < -0.4 is 9.47 Å². The molecule has 0 N–H and O–H groups in total. The Morgan fingerprint density at radius 2 is 1.94 bits per heavy atom. The molecule has 98 valence electrons. The van der Waals surface area contributed by atoms with Crippen molar-refractivity contribution in [3.63, 3.8) is 0 Å². The van der Waals surface area contributed by atoms with Gasteiger partial charge in [-0.1, -0.05) is 31.1 Å². The van der Waals surface area contributed by atoms with E-state index in [1.165, 1.54) is 25.7 Å². The van der Waals surface area contributed by atoms with Gasteiger partial charge in [-0.25, -0.2) is 0 Å². The molecule has 1 aliphatic rings. The van der Waals surface area contributed by atoms with Crippen molar-refractivity contribution in [3.8, 4) is 11.5 Å². The fourth-order valence-electron chi connectivity index (χ4n) is 2.29. The Bertz CT molecular complexity index is 396. The van der Waals surface area contributed by atoms with Gasteiger partial charge in [-0.2, -0.15) is 0 Å². The highest BCUT2D eigenvalue weighted by Gasteiger charge is 2.09. The summed E-state index contributed by atoms with van der Waals surface area (Å²) in [5.41, 5.74) is 1.16. The number of rotatable bonds is 1. The Morgan fingerprint density at radius 1 is 1.06 bits per heavy atom. The van der Waals surface area contributed by atoms with Crippen molar-refractivity contribution in [1.29, 1.82) is 0 Å². The maximum atomic E-state index is 5.89. The number of methoxy groups -OCH3 is 1. The molecule has 0 bridgehead atoms. The predicted molar refractivity (Wildman–Crippen MR) is 74.4 cm³/mol. The smallest absolute Gasteiger partial charge is 0.126 e. The maximum absolute atomic E-state index is 5.89. The lowest BCUT2D eigenvalue weighted by Crippen LogP contribution is -2.02. The van der Waals surface area contributed by atoms with Crippen LogP contribution in [0.3, 0.4) is 0 Å². The Morgan fingerprint density at radius 3 is 2.83 bits per heavy atom. The molecule has 0 amide bonds. The highest BCUT2D eigenvalue weighted by molar-refractivity contribution is 5.45. The van der Waals surface area contributed by atoms with Crippen LogP contribution in [0.15, 0.2) is 30.4 Å². The second kappa shape index (κ2) is 7.10. The summed E-state index contributed by atoms with van der Waals surface area (Å²) in [6.07, 6.45) is 11.6. The Balaban J connectivity index is 2.20. The van der Waals surface area contributed by atoms with Gasteiger partial charge in [0.25, 0.3) is 0 Å². The van der Waals surface area contributed by atoms with Crippen molar-refractivity contribution in [3.05, 3.63) is 35.9 Å². The molecule has 0 spiro atoms. The first-order valence-corrected chi connectivity index (χ1v) is 6.85. The zero-order valence-corrected chi connectivity index (χ0v) is 11.2. The average molecular weight is 246 g/mol. The van der Waals surface area contributed by atoms with E-state index in [2.05, 4.69) is 12.2 Å². The second-order valence-electron chi connectivity index (χ2n) is 4.66. The first-order chi connectivity index (χ1) is 8.92. The third-order valence-corrected chi connectivity index (χ3v) is 3.32. The van der Waals surface area contributed by atoms with Gasteiger partial charge in [-0.15, -0.1) is 0 Å². The molecule has 18 heavy (non-hydrogen) atoms. The number of hydrogen-bond acceptors (Lipinski definition) is 2. The molecular formula is C16H22O2. The molecule has 1 aromatic carbocycles. The lowest BCUT2D eigenvalue weighted by Gasteiger charge is -2.14. The minimum atomic E-state index is 0.809. The van der Waals surface area contributed by atoms with E-state index in [1.807, 2.05) is 18.2 Å². The topological polar surface area (TPSA) is 18.5 Å². The molecule has 0 saturated heterocycles. The Kier molecular flexibility index (Phi) is 5.13. The number of benzene rings is 1. The first-order valence-electron chi connectivity index (χ1n) is 6.85. The van der Waals surface area contributed by atoms with Crippen molar-refractivity contribution in [2.75, 3.05) is 13.7 Å². The van der Waals surface area contributed by atoms with Crippen LogP contribution in [-0.2, 0) is 6.42 Å². The molecule has 0 saturated carbocycles. The summed E-state index contributed by atoms with van der Waals surface area (Å²) < 4.78 is 11.3. The summed E-state index contributed by atoms with van der Waals surface area (Å²) >= 11 is 0. The zero-order valence-electron chi connectivity index (χ0n) is 11.2. The van der Waals surface area contributed by atoms with Crippen LogP contribution >= 0.6 is 0 Å². The molecule has 0 fully saturated rings. The number of ether oxygens (including phenoxy) is 2. The minimum absolute atomic E-state index is 0.809. The van der Waals surface area contributed by atoms with Gasteiger partial charge in [0.1, 0.15) is 11.5 Å². The molecule has 2 rings (SSSR count). The molecule has 0 radical (unpaired) electrons. The van der Waals surface area contributed by atoms with Crippen molar-refractivity contribution < 1.29 is 9.47 Å². The molecule has 1 aromatic rings. The molecule has 1 heterocycles. The Hall–Kier alpha value is -1.44. The molecule has 0 unspecified atom stereocenters. The summed E-state index contributed by atoms with van der Waals surface area (Å²) in [5.74, 6) is 1.90. The number of hydrogen-bond donors (Lipinski definition) is 0. The van der Waals surface area contributed by atoms with E-state index in [0.29, 0.717) is 0 Å². The van der Waals surface area contributed by atoms with Crippen LogP contribution in [0.2, 0.25) is 0 Å². The fourth-order valence-corrected chi connectivity index (χ4v) is 2.29. The van der Waals surface area contributed by atoms with E-state index >= 15 is 0 Å². The quantitative estimate of drug-likeness (QED) is 0.693. The van der Waals surface area contributed by atoms with Gasteiger partial charge in [-0.05, 0) is 37.8 Å². The van der Waals surface area contributed by atoms with Gasteiger partial charge in [0, 0.05) is 5.56 Å². The third-order valence-electron chi connectivity index (χ3n) is 3.32. The minimum Gasteiger partial charge on any atom is -0.496 e. The highest BCUT2D eigenvalue weighted by Crippen LogP contribution is 2.29. The van der Waals surface area contributed by atoms with Gasteiger partial charge in [0.15, 0.2) is 0 Å². The van der Waals surface area contributed by atoms with Crippen LogP contribution in [0.25, 0.3) is 0 Å². The van der Waals surface area contributed by atoms with E-state index in [4.69, 9.17) is 9.47 Å². The van der Waals surface area contributed by atoms with Gasteiger partial charge < -0.3 is 9.47 Å². The van der Waals surface area contributed by atoms with Gasteiger partial charge in [-0.3, -0.25) is 0 Å². The average Bonchev–Trinajstić information content (AvgIpc) is 2.39. The maximum Gasteiger partial charge on any atom is 0.126 e. The van der Waals surface area contributed by atoms with Crippen LogP contribution in [-0.4, -0.2) is 13.7 Å². The number of allylic oxidation sites excluding steroid dienone is 2. The lowest BCUT2D eigenvalue weighted by atomic mass is 10.1. The summed E-state index contributed by atoms with van der Waals surface area (Å²) in [6.45, 7) is 0.809. The van der Waals surface area contributed by atoms with E-state index < -0.39 is 0 Å². The molecule has 2 heteroatoms. The van der Waals surface area contributed by atoms with Crippen LogP contribution in [0.4, 0.5) is 0 Å². The zero-order chi connectivity index (χ0) is 12.6. The van der Waals surface area contributed by atoms with E-state index in [9.17, 15) is 0 Å². The SMILES string of the molecule is COc1cccc2c1C/C=C\CCCCCCO2. The molecule has 2 nitrogen and oxygen atoms in total. The molecule has 0 aromatic heterocycles. The van der Waals surface area contributed by atoms with Crippen LogP contribution in [0, 0.1) is 0 Å². The highest BCUT2D eigenvalue weighted by atomic mass is 16.5. The Labute approximate surface area is 110 Å². The monoisotopic (exact) mass is 246 g/mol. The molecule has 1 aliphatic heterocycles. The van der Waals surface area contributed by atoms with E-state index in [1.54, 1.807) is 7.11 Å². The predicted octanol–water partition coefficient (Wildman–Crippen LogP) is 4.14. The van der Waals surface area contributed by atoms with Crippen molar-refractivity contribution >= 4 is 0 Å². The fraction of sp³-hybridized carbons (Fsp3) is 0.500. The van der Waals surface area contributed by atoms with Crippen molar-refractivity contribution in [1.82, 2.24) is 0 Å². The standard InChI is InChI=1S/C16H22O2/c1-17-15-11-9-12-16-14(15)10-7-5-3-2-4-6-8-13-18-16/h5,7,9,11-12H,2-4,6,8,10,13H2,1H3/b7-5-. The van der Waals surface area contributed by atoms with Crippen molar-refractivity contribution in [2.45, 2.75) is 38.5 Å². The molecule has 0 aliphatic carbocycles. The van der Waals surface area contributed by atoms with Crippen LogP contribution in [0.5, 0.6) is 11.5 Å². The summed E-state index contributed by atoms with van der Waals surface area (Å²) in [7, 11) is 1.72. The first kappa shape index (κ1) is 13.0. The number of fused-ring (bicyclic) bond motifs is 1. The van der Waals surface area contributed by atoms with Crippen molar-refractivity contribution in [2.24, 2.45) is 0 Å². The van der Waals surface area contributed by atoms with Gasteiger partial charge >= 0.3 is 0 Å². The third kappa shape index (κ3) is 3.52. The largest absolute Gasteiger partial charge is 0.496 e. The normalized spacial score (nSPS) is 18.7. The summed E-state index contributed by atoms with van der Waals surface area (Å²) in [5, 5.41) is 0. The van der Waals surface area contributed by atoms with Gasteiger partial charge in [0.05, 0.1) is 13.7 Å². The molecule has 0 atom stereocenters. The summed E-state index contributed by atoms with van der Waals surface area (Å²) in [4.78, 5) is 0. The van der Waals surface area contributed by atoms with Crippen LogP contribution in [0.1, 0.15) is 37.7 Å².